The van der Waals surface area contributed by atoms with E-state index in [2.05, 4.69) is 20.4 Å². The van der Waals surface area contributed by atoms with Gasteiger partial charge in [-0.15, -0.1) is 0 Å². The molecule has 29 heavy (non-hydrogen) atoms. The van der Waals surface area contributed by atoms with Crippen molar-refractivity contribution in [3.63, 3.8) is 0 Å². The number of ether oxygens (including phenoxy) is 1. The first kappa shape index (κ1) is 18.8. The van der Waals surface area contributed by atoms with Crippen LogP contribution in [-0.2, 0) is 24.2 Å². The molecule has 1 atom stereocenters. The molecule has 148 valence electrons. The molecule has 8 heteroatoms. The normalized spacial score (nSPS) is 13.6. The molecule has 0 spiro atoms. The minimum Gasteiger partial charge on any atom is -0.473 e. The highest BCUT2D eigenvalue weighted by Gasteiger charge is 2.22. The molecule has 1 amide bonds. The molecule has 1 aliphatic carbocycles. The largest absolute Gasteiger partial charge is 0.473 e. The van der Waals surface area contributed by atoms with Gasteiger partial charge in [0.05, 0.1) is 5.69 Å². The summed E-state index contributed by atoms with van der Waals surface area (Å²) in [6, 6.07) is 12.1. The van der Waals surface area contributed by atoms with Crippen LogP contribution < -0.4 is 15.6 Å². The van der Waals surface area contributed by atoms with Crippen molar-refractivity contribution in [2.75, 3.05) is 5.32 Å². The number of nitrogens with zero attached hydrogens (tertiary/aromatic N) is 4. The highest BCUT2D eigenvalue weighted by molar-refractivity contribution is 5.92. The monoisotopic (exact) mass is 391 g/mol. The van der Waals surface area contributed by atoms with Gasteiger partial charge >= 0.3 is 0 Å². The zero-order chi connectivity index (χ0) is 20.2. The number of nitrogens with one attached hydrogen (secondary N) is 1. The molecule has 3 aromatic rings. The highest BCUT2D eigenvalue weighted by Crippen LogP contribution is 2.19. The van der Waals surface area contributed by atoms with E-state index in [1.807, 2.05) is 30.3 Å². The fourth-order valence-electron chi connectivity index (χ4n) is 3.25. The Kier molecular flexibility index (Phi) is 5.33. The number of carbonyl (C=O) groups is 1. The van der Waals surface area contributed by atoms with E-state index in [4.69, 9.17) is 4.74 Å². The minimum atomic E-state index is -0.767. The second kappa shape index (κ2) is 8.22. The molecule has 8 nitrogen and oxygen atoms in total. The number of fused-ring (bicyclic) bond motifs is 1. The van der Waals surface area contributed by atoms with Crippen molar-refractivity contribution in [2.24, 2.45) is 0 Å². The molecule has 2 heterocycles. The van der Waals surface area contributed by atoms with Gasteiger partial charge in [0.25, 0.3) is 5.56 Å². The zero-order valence-electron chi connectivity index (χ0n) is 16.0. The van der Waals surface area contributed by atoms with Gasteiger partial charge in [-0.25, -0.2) is 14.6 Å². The van der Waals surface area contributed by atoms with Gasteiger partial charge in [0.2, 0.25) is 11.8 Å². The summed E-state index contributed by atoms with van der Waals surface area (Å²) in [5.74, 6) is 0.263. The average Bonchev–Trinajstić information content (AvgIpc) is 3.19. The van der Waals surface area contributed by atoms with Crippen LogP contribution in [0.25, 0.3) is 0 Å². The molecule has 0 aliphatic heterocycles. The summed E-state index contributed by atoms with van der Waals surface area (Å²) < 4.78 is 6.89. The van der Waals surface area contributed by atoms with E-state index in [9.17, 15) is 9.59 Å². The Morgan fingerprint density at radius 2 is 2.03 bits per heavy atom. The number of aromatic nitrogens is 4. The Bertz CT molecular complexity index is 1080. The smallest absolute Gasteiger partial charge is 0.267 e. The number of anilines is 1. The molecular weight excluding hydrogens is 370 g/mol. The van der Waals surface area contributed by atoms with Gasteiger partial charge in [0, 0.05) is 12.1 Å². The number of hydrogen-bond acceptors (Lipinski definition) is 6. The van der Waals surface area contributed by atoms with Crippen LogP contribution in [0.1, 0.15) is 36.2 Å². The van der Waals surface area contributed by atoms with Crippen LogP contribution >= 0.6 is 0 Å². The van der Waals surface area contributed by atoms with E-state index in [1.54, 1.807) is 19.1 Å². The zero-order valence-corrected chi connectivity index (χ0v) is 16.0. The molecule has 0 fully saturated rings. The van der Waals surface area contributed by atoms with Gasteiger partial charge in [-0.05, 0) is 37.3 Å². The molecule has 2 aromatic heterocycles. The van der Waals surface area contributed by atoms with Crippen LogP contribution in [0.3, 0.4) is 0 Å². The van der Waals surface area contributed by atoms with Gasteiger partial charge in [0.15, 0.2) is 0 Å². The van der Waals surface area contributed by atoms with E-state index < -0.39 is 6.04 Å². The third-order valence-electron chi connectivity index (χ3n) is 4.85. The molecule has 1 N–H and O–H groups in total. The highest BCUT2D eigenvalue weighted by atomic mass is 16.5. The lowest BCUT2D eigenvalue weighted by Crippen LogP contribution is -2.34. The Morgan fingerprint density at radius 3 is 2.86 bits per heavy atom. The van der Waals surface area contributed by atoms with E-state index >= 15 is 0 Å². The van der Waals surface area contributed by atoms with Crippen molar-refractivity contribution < 1.29 is 9.53 Å². The molecule has 4 rings (SSSR count). The second-order valence-corrected chi connectivity index (χ2v) is 6.93. The fourth-order valence-corrected chi connectivity index (χ4v) is 3.25. The number of hydrogen-bond donors (Lipinski definition) is 1. The molecule has 0 bridgehead atoms. The van der Waals surface area contributed by atoms with E-state index in [1.165, 1.54) is 11.0 Å². The maximum atomic E-state index is 12.6. The van der Waals surface area contributed by atoms with Crippen molar-refractivity contribution in [3.8, 4) is 5.88 Å². The fraction of sp³-hybridized carbons (Fsp3) is 0.286. The summed E-state index contributed by atoms with van der Waals surface area (Å²) in [5, 5.41) is 7.09. The Balaban J connectivity index is 1.44. The van der Waals surface area contributed by atoms with E-state index in [0.29, 0.717) is 18.3 Å². The van der Waals surface area contributed by atoms with E-state index in [0.717, 1.165) is 36.1 Å². The molecule has 1 aliphatic rings. The number of aryl methyl sites for hydroxylation is 2. The first-order valence-corrected chi connectivity index (χ1v) is 9.51. The number of rotatable bonds is 6. The van der Waals surface area contributed by atoms with Crippen LogP contribution in [0.2, 0.25) is 0 Å². The molecule has 0 saturated carbocycles. The van der Waals surface area contributed by atoms with Crippen molar-refractivity contribution in [3.05, 3.63) is 76.0 Å². The van der Waals surface area contributed by atoms with Crippen molar-refractivity contribution >= 4 is 11.7 Å². The summed E-state index contributed by atoms with van der Waals surface area (Å²) in [6.07, 6.45) is 4.00. The maximum absolute atomic E-state index is 12.6. The summed E-state index contributed by atoms with van der Waals surface area (Å²) in [6.45, 7) is 2.00. The third-order valence-corrected chi connectivity index (χ3v) is 4.85. The third kappa shape index (κ3) is 4.31. The van der Waals surface area contributed by atoms with Gasteiger partial charge < -0.3 is 10.1 Å². The average molecular weight is 391 g/mol. The summed E-state index contributed by atoms with van der Waals surface area (Å²) in [5.41, 5.74) is 2.60. The first-order valence-electron chi connectivity index (χ1n) is 9.51. The van der Waals surface area contributed by atoms with Crippen LogP contribution in [0, 0.1) is 0 Å². The van der Waals surface area contributed by atoms with Crippen LogP contribution in [-0.4, -0.2) is 25.7 Å². The number of amides is 1. The lowest BCUT2D eigenvalue weighted by molar-refractivity contribution is -0.119. The lowest BCUT2D eigenvalue weighted by atomic mass is 10.2. The Hall–Kier alpha value is -3.55. The summed E-state index contributed by atoms with van der Waals surface area (Å²) in [4.78, 5) is 33.1. The quantitative estimate of drug-likeness (QED) is 0.692. The minimum absolute atomic E-state index is 0.275. The van der Waals surface area contributed by atoms with Crippen molar-refractivity contribution in [1.82, 2.24) is 19.7 Å². The summed E-state index contributed by atoms with van der Waals surface area (Å²) >= 11 is 0. The van der Waals surface area contributed by atoms with Gasteiger partial charge in [-0.2, -0.15) is 5.10 Å². The molecular formula is C21H21N5O3. The van der Waals surface area contributed by atoms with Crippen LogP contribution in [0.5, 0.6) is 5.88 Å². The molecule has 0 radical (unpaired) electrons. The maximum Gasteiger partial charge on any atom is 0.267 e. The van der Waals surface area contributed by atoms with Gasteiger partial charge in [-0.1, -0.05) is 30.3 Å². The van der Waals surface area contributed by atoms with E-state index in [-0.39, 0.29) is 11.5 Å². The van der Waals surface area contributed by atoms with Gasteiger partial charge in [0.1, 0.15) is 24.8 Å². The second-order valence-electron chi connectivity index (χ2n) is 6.93. The SMILES string of the molecule is CC(C(=O)Nc1cc(OCc2ccccc2)ncn1)n1nc2c(cc1=O)CCC2. The Morgan fingerprint density at radius 1 is 1.21 bits per heavy atom. The predicted molar refractivity (Wildman–Crippen MR) is 107 cm³/mol. The van der Waals surface area contributed by atoms with Gasteiger partial charge in [-0.3, -0.25) is 9.59 Å². The van der Waals surface area contributed by atoms with Crippen molar-refractivity contribution in [2.45, 2.75) is 38.8 Å². The summed E-state index contributed by atoms with van der Waals surface area (Å²) in [7, 11) is 0. The standard InChI is InChI=1S/C21H21N5O3/c1-14(26-20(27)10-16-8-5-9-17(16)25-26)21(28)24-18-11-19(23-13-22-18)29-12-15-6-3-2-4-7-15/h2-4,6-7,10-11,13-14H,5,8-9,12H2,1H3,(H,22,23,24,28). The lowest BCUT2D eigenvalue weighted by Gasteiger charge is -2.15. The van der Waals surface area contributed by atoms with Crippen LogP contribution in [0.4, 0.5) is 5.82 Å². The Labute approximate surface area is 167 Å². The predicted octanol–water partition coefficient (Wildman–Crippen LogP) is 2.30. The number of carbonyl (C=O) groups excluding carboxylic acids is 1. The van der Waals surface area contributed by atoms with Crippen molar-refractivity contribution in [1.29, 1.82) is 0 Å². The molecule has 1 aromatic carbocycles. The van der Waals surface area contributed by atoms with Crippen LogP contribution in [0.15, 0.2) is 53.6 Å². The molecule has 1 unspecified atom stereocenters. The number of benzene rings is 1. The first-order chi connectivity index (χ1) is 14.1. The molecule has 0 saturated heterocycles. The topological polar surface area (TPSA) is 99.0 Å².